The van der Waals surface area contributed by atoms with Gasteiger partial charge in [-0.1, -0.05) is 19.3 Å². The van der Waals surface area contributed by atoms with Crippen molar-refractivity contribution in [1.82, 2.24) is 4.90 Å². The molecule has 3 rings (SSSR count). The second-order valence-corrected chi connectivity index (χ2v) is 6.25. The highest BCUT2D eigenvalue weighted by atomic mass is 19.1. The van der Waals surface area contributed by atoms with Crippen LogP contribution in [-0.2, 0) is 4.74 Å². The summed E-state index contributed by atoms with van der Waals surface area (Å²) in [7, 11) is 0. The lowest BCUT2D eigenvalue weighted by Crippen LogP contribution is -2.54. The molecular weight excluding hydrogens is 302 g/mol. The number of benzene rings is 1. The lowest BCUT2D eigenvalue weighted by molar-refractivity contribution is -0.117. The van der Waals surface area contributed by atoms with Crippen molar-refractivity contribution >= 4 is 5.91 Å². The molecule has 1 aliphatic carbocycles. The molecule has 4 nitrogen and oxygen atoms in total. The highest BCUT2D eigenvalue weighted by Crippen LogP contribution is 2.34. The first kappa shape index (κ1) is 15.9. The standard InChI is InChI=1S/C17H18F2N2O2/c18-14-8-12(9-15(19)13(14)10-20)16(22)21-6-7-23-17(11-21)4-2-1-3-5-17/h8-9H,1-7,11H2. The smallest absolute Gasteiger partial charge is 0.254 e. The van der Waals surface area contributed by atoms with Gasteiger partial charge in [-0.2, -0.15) is 5.26 Å². The monoisotopic (exact) mass is 320 g/mol. The van der Waals surface area contributed by atoms with Crippen molar-refractivity contribution in [2.45, 2.75) is 37.7 Å². The van der Waals surface area contributed by atoms with E-state index < -0.39 is 23.1 Å². The van der Waals surface area contributed by atoms with Gasteiger partial charge in [0.15, 0.2) is 0 Å². The first-order valence-electron chi connectivity index (χ1n) is 7.87. The van der Waals surface area contributed by atoms with Crippen LogP contribution in [0.3, 0.4) is 0 Å². The Morgan fingerprint density at radius 2 is 1.87 bits per heavy atom. The summed E-state index contributed by atoms with van der Waals surface area (Å²) in [6, 6.07) is 3.34. The van der Waals surface area contributed by atoms with Crippen LogP contribution < -0.4 is 0 Å². The van der Waals surface area contributed by atoms with Crippen molar-refractivity contribution in [2.24, 2.45) is 0 Å². The van der Waals surface area contributed by atoms with Gasteiger partial charge in [-0.15, -0.1) is 0 Å². The van der Waals surface area contributed by atoms with Crippen molar-refractivity contribution in [3.05, 3.63) is 34.9 Å². The predicted molar refractivity (Wildman–Crippen MR) is 78.7 cm³/mol. The molecule has 2 aliphatic rings. The van der Waals surface area contributed by atoms with Gasteiger partial charge in [0.25, 0.3) is 5.91 Å². The van der Waals surface area contributed by atoms with Crippen LogP contribution in [0.2, 0.25) is 0 Å². The number of amides is 1. The minimum atomic E-state index is -1.00. The van der Waals surface area contributed by atoms with E-state index in [1.54, 1.807) is 4.90 Å². The largest absolute Gasteiger partial charge is 0.371 e. The lowest BCUT2D eigenvalue weighted by Gasteiger charge is -2.45. The summed E-state index contributed by atoms with van der Waals surface area (Å²) in [4.78, 5) is 14.2. The SMILES string of the molecule is N#Cc1c(F)cc(C(=O)N2CCOC3(CCCCC3)C2)cc1F. The van der Waals surface area contributed by atoms with Crippen molar-refractivity contribution in [3.63, 3.8) is 0 Å². The quantitative estimate of drug-likeness (QED) is 0.799. The molecule has 1 aromatic rings. The van der Waals surface area contributed by atoms with E-state index in [4.69, 9.17) is 10.00 Å². The van der Waals surface area contributed by atoms with E-state index in [1.807, 2.05) is 0 Å². The van der Waals surface area contributed by atoms with Crippen molar-refractivity contribution in [1.29, 1.82) is 5.26 Å². The summed E-state index contributed by atoms with van der Waals surface area (Å²) in [6.07, 6.45) is 5.13. The zero-order valence-electron chi connectivity index (χ0n) is 12.8. The van der Waals surface area contributed by atoms with Crippen LogP contribution in [0.4, 0.5) is 8.78 Å². The fraction of sp³-hybridized carbons (Fsp3) is 0.529. The van der Waals surface area contributed by atoms with Crippen molar-refractivity contribution in [3.8, 4) is 6.07 Å². The fourth-order valence-electron chi connectivity index (χ4n) is 3.50. The van der Waals surface area contributed by atoms with Crippen molar-refractivity contribution < 1.29 is 18.3 Å². The van der Waals surface area contributed by atoms with Gasteiger partial charge in [0.2, 0.25) is 0 Å². The van der Waals surface area contributed by atoms with E-state index >= 15 is 0 Å². The number of rotatable bonds is 1. The van der Waals surface area contributed by atoms with Crippen LogP contribution in [-0.4, -0.2) is 36.1 Å². The molecule has 6 heteroatoms. The number of hydrogen-bond acceptors (Lipinski definition) is 3. The highest BCUT2D eigenvalue weighted by Gasteiger charge is 2.39. The lowest BCUT2D eigenvalue weighted by atomic mass is 9.83. The van der Waals surface area contributed by atoms with E-state index in [2.05, 4.69) is 0 Å². The molecule has 0 aromatic heterocycles. The Hall–Kier alpha value is -2.00. The molecule has 0 radical (unpaired) electrons. The molecule has 1 saturated heterocycles. The third-order valence-corrected chi connectivity index (χ3v) is 4.70. The van der Waals surface area contributed by atoms with E-state index in [0.717, 1.165) is 37.8 Å². The molecule has 0 unspecified atom stereocenters. The zero-order valence-corrected chi connectivity index (χ0v) is 12.8. The Balaban J connectivity index is 1.81. The number of carbonyl (C=O) groups is 1. The molecule has 23 heavy (non-hydrogen) atoms. The summed E-state index contributed by atoms with van der Waals surface area (Å²) in [5, 5.41) is 8.70. The second-order valence-electron chi connectivity index (χ2n) is 6.25. The van der Waals surface area contributed by atoms with Gasteiger partial charge in [0, 0.05) is 12.1 Å². The summed E-state index contributed by atoms with van der Waals surface area (Å²) >= 11 is 0. The molecule has 1 heterocycles. The average Bonchev–Trinajstić information content (AvgIpc) is 2.54. The first-order valence-corrected chi connectivity index (χ1v) is 7.87. The second kappa shape index (κ2) is 6.25. The van der Waals surface area contributed by atoms with Crippen LogP contribution >= 0.6 is 0 Å². The summed E-state index contributed by atoms with van der Waals surface area (Å²) < 4.78 is 33.4. The third kappa shape index (κ3) is 3.06. The molecule has 122 valence electrons. The Morgan fingerprint density at radius 1 is 1.22 bits per heavy atom. The van der Waals surface area contributed by atoms with Gasteiger partial charge < -0.3 is 9.64 Å². The fourth-order valence-corrected chi connectivity index (χ4v) is 3.50. The van der Waals surface area contributed by atoms with Crippen LogP contribution in [0.1, 0.15) is 48.0 Å². The number of halogens is 2. The Kier molecular flexibility index (Phi) is 4.31. The average molecular weight is 320 g/mol. The van der Waals surface area contributed by atoms with Gasteiger partial charge in [0.1, 0.15) is 23.3 Å². The van der Waals surface area contributed by atoms with Crippen LogP contribution in [0.5, 0.6) is 0 Å². The van der Waals surface area contributed by atoms with E-state index in [0.29, 0.717) is 19.7 Å². The summed E-state index contributed by atoms with van der Waals surface area (Å²) in [6.45, 7) is 1.30. The molecule has 0 atom stereocenters. The molecule has 1 aliphatic heterocycles. The number of nitrogens with zero attached hydrogens (tertiary/aromatic N) is 2. The number of hydrogen-bond donors (Lipinski definition) is 0. The normalized spacial score (nSPS) is 20.3. The topological polar surface area (TPSA) is 53.3 Å². The Morgan fingerprint density at radius 3 is 2.48 bits per heavy atom. The third-order valence-electron chi connectivity index (χ3n) is 4.70. The molecule has 1 spiro atoms. The van der Waals surface area contributed by atoms with Crippen LogP contribution in [0.25, 0.3) is 0 Å². The van der Waals surface area contributed by atoms with Gasteiger partial charge in [-0.05, 0) is 25.0 Å². The minimum Gasteiger partial charge on any atom is -0.371 e. The maximum absolute atomic E-state index is 13.7. The molecule has 1 aromatic carbocycles. The number of nitriles is 1. The molecule has 0 N–H and O–H groups in total. The highest BCUT2D eigenvalue weighted by molar-refractivity contribution is 5.94. The molecule has 0 bridgehead atoms. The summed E-state index contributed by atoms with van der Waals surface area (Å²) in [5.74, 6) is -2.42. The van der Waals surface area contributed by atoms with Crippen LogP contribution in [0, 0.1) is 23.0 Å². The van der Waals surface area contributed by atoms with Gasteiger partial charge in [0.05, 0.1) is 18.8 Å². The minimum absolute atomic E-state index is 0.0631. The number of ether oxygens (including phenoxy) is 1. The zero-order chi connectivity index (χ0) is 16.4. The van der Waals surface area contributed by atoms with Crippen LogP contribution in [0.15, 0.2) is 12.1 Å². The first-order chi connectivity index (χ1) is 11.0. The Labute approximate surface area is 133 Å². The number of carbonyl (C=O) groups excluding carboxylic acids is 1. The van der Waals surface area contributed by atoms with Gasteiger partial charge in [-0.25, -0.2) is 8.78 Å². The molecular formula is C17H18F2N2O2. The van der Waals surface area contributed by atoms with Gasteiger partial charge >= 0.3 is 0 Å². The molecule has 2 fully saturated rings. The predicted octanol–water partition coefficient (Wildman–Crippen LogP) is 3.01. The van der Waals surface area contributed by atoms with E-state index in [-0.39, 0.29) is 11.2 Å². The number of morpholine rings is 1. The van der Waals surface area contributed by atoms with Gasteiger partial charge in [-0.3, -0.25) is 4.79 Å². The summed E-state index contributed by atoms with van der Waals surface area (Å²) in [5.41, 5.74) is -1.03. The maximum atomic E-state index is 13.7. The molecule has 1 amide bonds. The molecule has 1 saturated carbocycles. The Bertz CT molecular complexity index is 635. The van der Waals surface area contributed by atoms with Crippen molar-refractivity contribution in [2.75, 3.05) is 19.7 Å². The maximum Gasteiger partial charge on any atom is 0.254 e. The van der Waals surface area contributed by atoms with E-state index in [9.17, 15) is 13.6 Å². The van der Waals surface area contributed by atoms with E-state index in [1.165, 1.54) is 12.5 Å².